The molecule has 0 spiro atoms. The van der Waals surface area contributed by atoms with Crippen LogP contribution in [0.2, 0.25) is 0 Å². The summed E-state index contributed by atoms with van der Waals surface area (Å²) < 4.78 is 5.13. The van der Waals surface area contributed by atoms with E-state index < -0.39 is 0 Å². The summed E-state index contributed by atoms with van der Waals surface area (Å²) in [6, 6.07) is 5.80. The molecule has 0 aromatic heterocycles. The molecule has 0 radical (unpaired) electrons. The first-order valence-corrected chi connectivity index (χ1v) is 6.88. The van der Waals surface area contributed by atoms with Gasteiger partial charge in [-0.05, 0) is 31.0 Å². The molecule has 1 saturated heterocycles. The molecule has 1 amide bonds. The third-order valence-electron chi connectivity index (χ3n) is 3.82. The standard InChI is InChI=1S/C15H22N2O3/c1-10(11-4-6-13(18)14(8-11)20-3)16-12-5-7-15(19)17(2)9-12/h4,6,8,10,12,16,18H,5,7,9H2,1-3H3. The number of methoxy groups -OCH3 is 1. The molecule has 0 aliphatic carbocycles. The van der Waals surface area contributed by atoms with Crippen LogP contribution >= 0.6 is 0 Å². The number of carbonyl (C=O) groups is 1. The first-order valence-electron chi connectivity index (χ1n) is 6.88. The average Bonchev–Trinajstić information content (AvgIpc) is 2.43. The maximum Gasteiger partial charge on any atom is 0.222 e. The van der Waals surface area contributed by atoms with Crippen molar-refractivity contribution in [3.05, 3.63) is 23.8 Å². The Morgan fingerprint density at radius 2 is 2.25 bits per heavy atom. The number of hydrogen-bond acceptors (Lipinski definition) is 4. The first kappa shape index (κ1) is 14.7. The quantitative estimate of drug-likeness (QED) is 0.879. The van der Waals surface area contributed by atoms with Crippen LogP contribution < -0.4 is 10.1 Å². The zero-order valence-electron chi connectivity index (χ0n) is 12.2. The summed E-state index contributed by atoms with van der Waals surface area (Å²) in [6.45, 7) is 2.81. The van der Waals surface area contributed by atoms with E-state index in [2.05, 4.69) is 12.2 Å². The van der Waals surface area contributed by atoms with E-state index >= 15 is 0 Å². The van der Waals surface area contributed by atoms with Crippen molar-refractivity contribution in [3.8, 4) is 11.5 Å². The Balaban J connectivity index is 2.01. The van der Waals surface area contributed by atoms with Crippen molar-refractivity contribution >= 4 is 5.91 Å². The van der Waals surface area contributed by atoms with Crippen molar-refractivity contribution < 1.29 is 14.6 Å². The van der Waals surface area contributed by atoms with Crippen LogP contribution in [0.3, 0.4) is 0 Å². The van der Waals surface area contributed by atoms with Crippen LogP contribution in [0.4, 0.5) is 0 Å². The molecule has 2 unspecified atom stereocenters. The van der Waals surface area contributed by atoms with Gasteiger partial charge in [0.15, 0.2) is 11.5 Å². The van der Waals surface area contributed by atoms with Gasteiger partial charge in [-0.2, -0.15) is 0 Å². The highest BCUT2D eigenvalue weighted by Crippen LogP contribution is 2.29. The van der Waals surface area contributed by atoms with Crippen molar-refractivity contribution in [2.75, 3.05) is 20.7 Å². The minimum atomic E-state index is 0.135. The summed E-state index contributed by atoms with van der Waals surface area (Å²) in [4.78, 5) is 13.2. The Kier molecular flexibility index (Phi) is 4.49. The van der Waals surface area contributed by atoms with Crippen molar-refractivity contribution in [1.29, 1.82) is 0 Å². The molecule has 0 saturated carbocycles. The van der Waals surface area contributed by atoms with Crippen LogP contribution in [0.1, 0.15) is 31.4 Å². The normalized spacial score (nSPS) is 20.9. The molecule has 20 heavy (non-hydrogen) atoms. The largest absolute Gasteiger partial charge is 0.504 e. The van der Waals surface area contributed by atoms with Gasteiger partial charge in [0.05, 0.1) is 7.11 Å². The lowest BCUT2D eigenvalue weighted by atomic mass is 10.0. The van der Waals surface area contributed by atoms with Crippen molar-refractivity contribution in [1.82, 2.24) is 10.2 Å². The number of aromatic hydroxyl groups is 1. The van der Waals surface area contributed by atoms with Gasteiger partial charge >= 0.3 is 0 Å². The van der Waals surface area contributed by atoms with Crippen LogP contribution in [-0.4, -0.2) is 42.7 Å². The molecule has 5 heteroatoms. The van der Waals surface area contributed by atoms with Crippen molar-refractivity contribution in [3.63, 3.8) is 0 Å². The van der Waals surface area contributed by atoms with Gasteiger partial charge in [-0.1, -0.05) is 6.07 Å². The highest BCUT2D eigenvalue weighted by molar-refractivity contribution is 5.76. The summed E-state index contributed by atoms with van der Waals surface area (Å²) in [7, 11) is 3.38. The summed E-state index contributed by atoms with van der Waals surface area (Å²) in [5.41, 5.74) is 1.05. The van der Waals surface area contributed by atoms with E-state index in [1.807, 2.05) is 19.2 Å². The molecular weight excluding hydrogens is 256 g/mol. The number of phenols is 1. The number of rotatable bonds is 4. The minimum Gasteiger partial charge on any atom is -0.504 e. The van der Waals surface area contributed by atoms with Gasteiger partial charge in [-0.3, -0.25) is 4.79 Å². The number of carbonyl (C=O) groups excluding carboxylic acids is 1. The number of hydrogen-bond donors (Lipinski definition) is 2. The molecule has 110 valence electrons. The predicted molar refractivity (Wildman–Crippen MR) is 76.9 cm³/mol. The van der Waals surface area contributed by atoms with Crippen LogP contribution in [0, 0.1) is 0 Å². The van der Waals surface area contributed by atoms with Crippen LogP contribution in [0.25, 0.3) is 0 Å². The number of piperidine rings is 1. The second-order valence-corrected chi connectivity index (χ2v) is 5.33. The second-order valence-electron chi connectivity index (χ2n) is 5.33. The number of likely N-dealkylation sites (N-methyl/N-ethyl adjacent to an activating group) is 1. The summed E-state index contributed by atoms with van der Waals surface area (Å²) in [6.07, 6.45) is 1.46. The average molecular weight is 278 g/mol. The molecular formula is C15H22N2O3. The van der Waals surface area contributed by atoms with Gasteiger partial charge in [-0.25, -0.2) is 0 Å². The van der Waals surface area contributed by atoms with E-state index in [1.165, 1.54) is 0 Å². The van der Waals surface area contributed by atoms with E-state index in [1.54, 1.807) is 18.1 Å². The Labute approximate surface area is 119 Å². The molecule has 5 nitrogen and oxygen atoms in total. The molecule has 1 fully saturated rings. The summed E-state index contributed by atoms with van der Waals surface area (Å²) >= 11 is 0. The number of ether oxygens (including phenoxy) is 1. The third-order valence-corrected chi connectivity index (χ3v) is 3.82. The lowest BCUT2D eigenvalue weighted by molar-refractivity contribution is -0.132. The maximum atomic E-state index is 11.5. The summed E-state index contributed by atoms with van der Waals surface area (Å²) in [5, 5.41) is 13.1. The van der Waals surface area contributed by atoms with Crippen LogP contribution in [-0.2, 0) is 4.79 Å². The second kappa shape index (κ2) is 6.13. The molecule has 1 aliphatic rings. The van der Waals surface area contributed by atoms with Gasteiger partial charge in [0.2, 0.25) is 5.91 Å². The highest BCUT2D eigenvalue weighted by Gasteiger charge is 2.24. The zero-order chi connectivity index (χ0) is 14.7. The number of nitrogens with one attached hydrogen (secondary N) is 1. The smallest absolute Gasteiger partial charge is 0.222 e. The fourth-order valence-electron chi connectivity index (χ4n) is 2.56. The van der Waals surface area contributed by atoms with E-state index in [4.69, 9.17) is 4.74 Å². The Bertz CT molecular complexity index is 490. The fraction of sp³-hybridized carbons (Fsp3) is 0.533. The number of phenolic OH excluding ortho intramolecular Hbond substituents is 1. The molecule has 2 N–H and O–H groups in total. The van der Waals surface area contributed by atoms with Gasteiger partial charge in [-0.15, -0.1) is 0 Å². The van der Waals surface area contributed by atoms with E-state index in [-0.39, 0.29) is 17.7 Å². The molecule has 1 aromatic rings. The minimum absolute atomic E-state index is 0.135. The van der Waals surface area contributed by atoms with E-state index in [0.717, 1.165) is 18.5 Å². The zero-order valence-corrected chi connectivity index (χ0v) is 12.2. The van der Waals surface area contributed by atoms with E-state index in [9.17, 15) is 9.90 Å². The van der Waals surface area contributed by atoms with Crippen LogP contribution in [0.15, 0.2) is 18.2 Å². The molecule has 0 bridgehead atoms. The Hall–Kier alpha value is -1.75. The topological polar surface area (TPSA) is 61.8 Å². The lowest BCUT2D eigenvalue weighted by Gasteiger charge is -2.32. The first-order chi connectivity index (χ1) is 9.51. The molecule has 1 aliphatic heterocycles. The lowest BCUT2D eigenvalue weighted by Crippen LogP contribution is -2.47. The molecule has 2 rings (SSSR count). The number of nitrogens with zero attached hydrogens (tertiary/aromatic N) is 1. The monoisotopic (exact) mass is 278 g/mol. The van der Waals surface area contributed by atoms with Crippen LogP contribution in [0.5, 0.6) is 11.5 Å². The Morgan fingerprint density at radius 3 is 2.90 bits per heavy atom. The number of amides is 1. The number of likely N-dealkylation sites (tertiary alicyclic amines) is 1. The fourth-order valence-corrected chi connectivity index (χ4v) is 2.56. The predicted octanol–water partition coefficient (Wildman–Crippen LogP) is 1.67. The summed E-state index contributed by atoms with van der Waals surface area (Å²) in [5.74, 6) is 0.834. The van der Waals surface area contributed by atoms with Crippen molar-refractivity contribution in [2.24, 2.45) is 0 Å². The third kappa shape index (κ3) is 3.22. The van der Waals surface area contributed by atoms with E-state index in [0.29, 0.717) is 18.2 Å². The SMILES string of the molecule is COc1cc(C(C)NC2CCC(=O)N(C)C2)ccc1O. The number of benzene rings is 1. The molecule has 2 atom stereocenters. The Morgan fingerprint density at radius 1 is 1.50 bits per heavy atom. The highest BCUT2D eigenvalue weighted by atomic mass is 16.5. The molecule has 1 aromatic carbocycles. The van der Waals surface area contributed by atoms with Gasteiger partial charge in [0.1, 0.15) is 0 Å². The maximum absolute atomic E-state index is 11.5. The van der Waals surface area contributed by atoms with Gasteiger partial charge < -0.3 is 20.1 Å². The van der Waals surface area contributed by atoms with Gasteiger partial charge in [0.25, 0.3) is 0 Å². The van der Waals surface area contributed by atoms with Crippen molar-refractivity contribution in [2.45, 2.75) is 31.8 Å². The van der Waals surface area contributed by atoms with Gasteiger partial charge in [0, 0.05) is 32.1 Å². The molecule has 1 heterocycles.